The second-order valence-corrected chi connectivity index (χ2v) is 8.34. The lowest BCUT2D eigenvalue weighted by Gasteiger charge is -2.43. The molecule has 2 aromatic carbocycles. The number of nitrogens with zero attached hydrogens (tertiary/aromatic N) is 2. The van der Waals surface area contributed by atoms with Crippen molar-refractivity contribution < 1.29 is 19.8 Å². The fourth-order valence-corrected chi connectivity index (χ4v) is 4.83. The smallest absolute Gasteiger partial charge is 0.307 e. The Morgan fingerprint density at radius 1 is 0.867 bits per heavy atom. The Labute approximate surface area is 176 Å². The summed E-state index contributed by atoms with van der Waals surface area (Å²) in [5.41, 5.74) is 0.657. The zero-order chi connectivity index (χ0) is 21.1. The van der Waals surface area contributed by atoms with Crippen LogP contribution < -0.4 is 4.90 Å². The molecule has 1 aliphatic carbocycles. The van der Waals surface area contributed by atoms with Gasteiger partial charge < -0.3 is 20.0 Å². The molecule has 6 heteroatoms. The highest BCUT2D eigenvalue weighted by Crippen LogP contribution is 2.43. The largest absolute Gasteiger partial charge is 0.481 e. The molecule has 6 nitrogen and oxygen atoms in total. The molecule has 0 unspecified atom stereocenters. The van der Waals surface area contributed by atoms with Gasteiger partial charge in [-0.2, -0.15) is 0 Å². The second-order valence-electron chi connectivity index (χ2n) is 8.34. The molecule has 2 fully saturated rings. The van der Waals surface area contributed by atoms with E-state index >= 15 is 0 Å². The monoisotopic (exact) mass is 408 g/mol. The third-order valence-corrected chi connectivity index (χ3v) is 6.57. The van der Waals surface area contributed by atoms with Gasteiger partial charge in [0.1, 0.15) is 0 Å². The quantitative estimate of drug-likeness (QED) is 0.813. The minimum Gasteiger partial charge on any atom is -0.481 e. The van der Waals surface area contributed by atoms with Crippen LogP contribution in [0.2, 0.25) is 0 Å². The van der Waals surface area contributed by atoms with E-state index in [0.717, 1.165) is 24.3 Å². The van der Waals surface area contributed by atoms with E-state index < -0.39 is 23.4 Å². The minimum atomic E-state index is -1.20. The third-order valence-electron chi connectivity index (χ3n) is 6.57. The maximum absolute atomic E-state index is 13.2. The summed E-state index contributed by atoms with van der Waals surface area (Å²) >= 11 is 0. The zero-order valence-corrected chi connectivity index (χ0v) is 17.0. The van der Waals surface area contributed by atoms with Gasteiger partial charge in [0, 0.05) is 31.9 Å². The van der Waals surface area contributed by atoms with Crippen molar-refractivity contribution >= 4 is 17.6 Å². The van der Waals surface area contributed by atoms with E-state index in [1.165, 1.54) is 0 Å². The summed E-state index contributed by atoms with van der Waals surface area (Å²) < 4.78 is 0. The lowest BCUT2D eigenvalue weighted by Crippen LogP contribution is -2.53. The van der Waals surface area contributed by atoms with Crippen molar-refractivity contribution in [2.75, 3.05) is 31.1 Å². The summed E-state index contributed by atoms with van der Waals surface area (Å²) in [6.07, 6.45) is 0.827. The molecule has 0 radical (unpaired) electrons. The van der Waals surface area contributed by atoms with Crippen molar-refractivity contribution in [3.05, 3.63) is 66.2 Å². The third kappa shape index (κ3) is 4.05. The number of hydrogen-bond donors (Lipinski definition) is 2. The molecule has 1 heterocycles. The lowest BCUT2D eigenvalue weighted by molar-refractivity contribution is -0.159. The number of amides is 1. The molecule has 1 saturated carbocycles. The molecule has 0 aromatic heterocycles. The van der Waals surface area contributed by atoms with Gasteiger partial charge in [0.15, 0.2) is 0 Å². The number of rotatable bonds is 4. The summed E-state index contributed by atoms with van der Waals surface area (Å²) in [7, 11) is 0. The summed E-state index contributed by atoms with van der Waals surface area (Å²) in [5.74, 6) is -2.58. The molecule has 1 amide bonds. The molecule has 0 spiro atoms. The van der Waals surface area contributed by atoms with Crippen molar-refractivity contribution in [2.24, 2.45) is 11.8 Å². The predicted octanol–water partition coefficient (Wildman–Crippen LogP) is 2.72. The number of benzene rings is 2. The van der Waals surface area contributed by atoms with Crippen molar-refractivity contribution in [2.45, 2.75) is 24.9 Å². The molecule has 2 aromatic rings. The maximum Gasteiger partial charge on any atom is 0.307 e. The van der Waals surface area contributed by atoms with Crippen LogP contribution in [0, 0.1) is 11.8 Å². The van der Waals surface area contributed by atoms with E-state index in [4.69, 9.17) is 0 Å². The molecule has 1 aliphatic heterocycles. The van der Waals surface area contributed by atoms with Crippen molar-refractivity contribution in [3.8, 4) is 0 Å². The van der Waals surface area contributed by atoms with Gasteiger partial charge in [-0.15, -0.1) is 0 Å². The van der Waals surface area contributed by atoms with Gasteiger partial charge in [-0.25, -0.2) is 0 Å². The first-order valence-corrected chi connectivity index (χ1v) is 10.6. The Kier molecular flexibility index (Phi) is 5.77. The number of anilines is 1. The van der Waals surface area contributed by atoms with Gasteiger partial charge in [-0.1, -0.05) is 48.5 Å². The van der Waals surface area contributed by atoms with E-state index in [-0.39, 0.29) is 12.3 Å². The Morgan fingerprint density at radius 3 is 2.07 bits per heavy atom. The van der Waals surface area contributed by atoms with Crippen molar-refractivity contribution in [1.82, 2.24) is 4.90 Å². The topological polar surface area (TPSA) is 81.1 Å². The molecule has 2 N–H and O–H groups in total. The first-order chi connectivity index (χ1) is 14.5. The average molecular weight is 408 g/mol. The Hall–Kier alpha value is -2.86. The van der Waals surface area contributed by atoms with Crippen LogP contribution in [0.25, 0.3) is 0 Å². The van der Waals surface area contributed by atoms with E-state index in [9.17, 15) is 19.8 Å². The van der Waals surface area contributed by atoms with E-state index in [1.54, 1.807) is 4.90 Å². The number of carboxylic acid groups (broad SMARTS) is 1. The second kappa shape index (κ2) is 8.48. The molecule has 30 heavy (non-hydrogen) atoms. The zero-order valence-electron chi connectivity index (χ0n) is 17.0. The number of carboxylic acids is 1. The van der Waals surface area contributed by atoms with Crippen molar-refractivity contribution in [1.29, 1.82) is 0 Å². The molecule has 3 atom stereocenters. The van der Waals surface area contributed by atoms with Crippen LogP contribution in [0.4, 0.5) is 5.69 Å². The Balaban J connectivity index is 1.43. The maximum atomic E-state index is 13.2. The summed E-state index contributed by atoms with van der Waals surface area (Å²) in [5, 5.41) is 21.0. The number of para-hydroxylation sites is 1. The molecule has 1 saturated heterocycles. The van der Waals surface area contributed by atoms with Crippen LogP contribution >= 0.6 is 0 Å². The number of aliphatic carboxylic acids is 1. The van der Waals surface area contributed by atoms with Gasteiger partial charge in [0.25, 0.3) is 0 Å². The van der Waals surface area contributed by atoms with Gasteiger partial charge >= 0.3 is 5.97 Å². The van der Waals surface area contributed by atoms with E-state index in [1.807, 2.05) is 48.5 Å². The summed E-state index contributed by atoms with van der Waals surface area (Å²) in [6, 6.07) is 19.3. The lowest BCUT2D eigenvalue weighted by atomic mass is 9.68. The fourth-order valence-electron chi connectivity index (χ4n) is 4.83. The van der Waals surface area contributed by atoms with Gasteiger partial charge in [-0.3, -0.25) is 9.59 Å². The van der Waals surface area contributed by atoms with E-state index in [2.05, 4.69) is 17.0 Å². The minimum absolute atomic E-state index is 0.0622. The number of carbonyl (C=O) groups is 2. The molecule has 2 aliphatic rings. The molecular formula is C24H28N2O4. The van der Waals surface area contributed by atoms with Gasteiger partial charge in [0.2, 0.25) is 5.91 Å². The Bertz CT molecular complexity index is 881. The highest BCUT2D eigenvalue weighted by atomic mass is 16.4. The fraction of sp³-hybridized carbons (Fsp3) is 0.417. The molecule has 0 bridgehead atoms. The van der Waals surface area contributed by atoms with Crippen LogP contribution in [0.15, 0.2) is 60.7 Å². The van der Waals surface area contributed by atoms with Crippen molar-refractivity contribution in [3.63, 3.8) is 0 Å². The van der Waals surface area contributed by atoms with Gasteiger partial charge in [-0.05, 0) is 37.0 Å². The van der Waals surface area contributed by atoms with Crippen LogP contribution in [-0.2, 0) is 15.2 Å². The number of carbonyl (C=O) groups excluding carboxylic acids is 1. The highest BCUT2D eigenvalue weighted by molar-refractivity contribution is 5.85. The predicted molar refractivity (Wildman–Crippen MR) is 114 cm³/mol. The number of piperazine rings is 1. The summed E-state index contributed by atoms with van der Waals surface area (Å²) in [6.45, 7) is 2.63. The van der Waals surface area contributed by atoms with E-state index in [0.29, 0.717) is 25.9 Å². The highest BCUT2D eigenvalue weighted by Gasteiger charge is 2.47. The number of hydrogen-bond acceptors (Lipinski definition) is 4. The Morgan fingerprint density at radius 2 is 1.47 bits per heavy atom. The molecule has 4 rings (SSSR count). The molecule has 158 valence electrons. The van der Waals surface area contributed by atoms with Gasteiger partial charge in [0.05, 0.1) is 17.4 Å². The SMILES string of the molecule is O=C(O)[C@H]1C[C@@](O)(c2ccccc2)CC[C@@H]1C(=O)N1CCN(c2ccccc2)CC1. The first kappa shape index (κ1) is 20.4. The van der Waals surface area contributed by atoms with Crippen LogP contribution in [0.3, 0.4) is 0 Å². The normalized spacial score (nSPS) is 27.0. The van der Waals surface area contributed by atoms with Crippen LogP contribution in [0.5, 0.6) is 0 Å². The average Bonchev–Trinajstić information content (AvgIpc) is 2.80. The van der Waals surface area contributed by atoms with Crippen LogP contribution in [-0.4, -0.2) is 53.2 Å². The molecular weight excluding hydrogens is 380 g/mol. The standard InChI is InChI=1S/C24H28N2O4/c27-22(26-15-13-25(14-16-26)19-9-5-2-6-10-19)20-11-12-24(30,17-21(20)23(28)29)18-7-3-1-4-8-18/h1-10,20-21,30H,11-17H2,(H,28,29)/t20-,21-,24+/m0/s1. The van der Waals surface area contributed by atoms with Crippen LogP contribution in [0.1, 0.15) is 24.8 Å². The first-order valence-electron chi connectivity index (χ1n) is 10.6. The number of aliphatic hydroxyl groups is 1. The summed E-state index contributed by atoms with van der Waals surface area (Å²) in [4.78, 5) is 29.3.